The van der Waals surface area contributed by atoms with Gasteiger partial charge in [-0.3, -0.25) is 0 Å². The molecule has 0 bridgehead atoms. The van der Waals surface area contributed by atoms with E-state index in [0.717, 1.165) is 38.1 Å². The van der Waals surface area contributed by atoms with E-state index in [9.17, 15) is 4.79 Å². The van der Waals surface area contributed by atoms with E-state index in [0.29, 0.717) is 19.0 Å². The van der Waals surface area contributed by atoms with Crippen LogP contribution in [-0.2, 0) is 0 Å². The Labute approximate surface area is 117 Å². The van der Waals surface area contributed by atoms with Crippen LogP contribution < -0.4 is 5.32 Å². The standard InChI is InChI=1S/C15H30N2O2/c1-3-4-9-17(10-6-11-18)15(19)16-14-8-5-7-13(2)12-14/h13-14,18H,3-12H2,1-2H3,(H,16,19). The summed E-state index contributed by atoms with van der Waals surface area (Å²) in [4.78, 5) is 14.1. The molecule has 0 aromatic heterocycles. The van der Waals surface area contributed by atoms with Gasteiger partial charge in [-0.05, 0) is 31.6 Å². The number of unbranched alkanes of at least 4 members (excludes halogenated alkanes) is 1. The minimum absolute atomic E-state index is 0.0565. The van der Waals surface area contributed by atoms with Crippen molar-refractivity contribution >= 4 is 6.03 Å². The second-order valence-electron chi connectivity index (χ2n) is 5.84. The van der Waals surface area contributed by atoms with E-state index in [4.69, 9.17) is 5.11 Å². The summed E-state index contributed by atoms with van der Waals surface area (Å²) in [6, 6.07) is 0.399. The number of nitrogens with zero attached hydrogens (tertiary/aromatic N) is 1. The van der Waals surface area contributed by atoms with Crippen LogP contribution in [0.2, 0.25) is 0 Å². The lowest BCUT2D eigenvalue weighted by Crippen LogP contribution is -2.47. The Morgan fingerprint density at radius 1 is 1.32 bits per heavy atom. The van der Waals surface area contributed by atoms with Crippen molar-refractivity contribution in [2.45, 2.75) is 64.8 Å². The molecule has 1 fully saturated rings. The molecule has 0 spiro atoms. The summed E-state index contributed by atoms with van der Waals surface area (Å²) in [5, 5.41) is 12.1. The molecule has 1 aliphatic carbocycles. The van der Waals surface area contributed by atoms with E-state index >= 15 is 0 Å². The van der Waals surface area contributed by atoms with Gasteiger partial charge >= 0.3 is 6.03 Å². The topological polar surface area (TPSA) is 52.6 Å². The van der Waals surface area contributed by atoms with E-state index in [1.165, 1.54) is 12.8 Å². The van der Waals surface area contributed by atoms with Crippen molar-refractivity contribution in [3.05, 3.63) is 0 Å². The Balaban J connectivity index is 2.40. The first-order valence-electron chi connectivity index (χ1n) is 7.83. The van der Waals surface area contributed by atoms with Crippen molar-refractivity contribution < 1.29 is 9.90 Å². The Morgan fingerprint density at radius 2 is 2.05 bits per heavy atom. The molecule has 2 N–H and O–H groups in total. The van der Waals surface area contributed by atoms with Gasteiger partial charge in [0.1, 0.15) is 0 Å². The molecule has 0 aliphatic heterocycles. The molecular formula is C15H30N2O2. The fourth-order valence-electron chi connectivity index (χ4n) is 2.76. The molecule has 2 unspecified atom stereocenters. The number of aliphatic hydroxyl groups excluding tert-OH is 1. The molecule has 2 amide bonds. The maximum absolute atomic E-state index is 12.3. The molecule has 0 radical (unpaired) electrons. The van der Waals surface area contributed by atoms with Crippen LogP contribution in [0.5, 0.6) is 0 Å². The molecule has 0 aromatic carbocycles. The Hall–Kier alpha value is -0.770. The van der Waals surface area contributed by atoms with Crippen LogP contribution in [0.1, 0.15) is 58.8 Å². The molecule has 0 saturated heterocycles. The van der Waals surface area contributed by atoms with Crippen LogP contribution in [0.15, 0.2) is 0 Å². The highest BCUT2D eigenvalue weighted by atomic mass is 16.3. The first kappa shape index (κ1) is 16.3. The van der Waals surface area contributed by atoms with Crippen LogP contribution in [0.3, 0.4) is 0 Å². The van der Waals surface area contributed by atoms with Gasteiger partial charge in [0.2, 0.25) is 0 Å². The average molecular weight is 270 g/mol. The summed E-state index contributed by atoms with van der Waals surface area (Å²) in [6.07, 6.45) is 7.50. The summed E-state index contributed by atoms with van der Waals surface area (Å²) in [7, 11) is 0. The van der Waals surface area contributed by atoms with Gasteiger partial charge in [-0.15, -0.1) is 0 Å². The summed E-state index contributed by atoms with van der Waals surface area (Å²) in [5.41, 5.74) is 0. The van der Waals surface area contributed by atoms with Crippen molar-refractivity contribution in [1.29, 1.82) is 0 Å². The van der Waals surface area contributed by atoms with Crippen LogP contribution in [0, 0.1) is 5.92 Å². The highest BCUT2D eigenvalue weighted by molar-refractivity contribution is 5.74. The van der Waals surface area contributed by atoms with Crippen molar-refractivity contribution in [2.75, 3.05) is 19.7 Å². The van der Waals surface area contributed by atoms with Crippen LogP contribution in [0.4, 0.5) is 4.79 Å². The number of hydrogen-bond acceptors (Lipinski definition) is 2. The Bertz CT molecular complexity index is 251. The van der Waals surface area contributed by atoms with Crippen molar-refractivity contribution in [3.8, 4) is 0 Å². The third-order valence-corrected chi connectivity index (χ3v) is 3.92. The molecule has 2 atom stereocenters. The van der Waals surface area contributed by atoms with Gasteiger partial charge < -0.3 is 15.3 Å². The number of rotatable bonds is 7. The zero-order chi connectivity index (χ0) is 14.1. The zero-order valence-corrected chi connectivity index (χ0v) is 12.5. The van der Waals surface area contributed by atoms with Crippen LogP contribution in [-0.4, -0.2) is 41.8 Å². The van der Waals surface area contributed by atoms with Gasteiger partial charge in [-0.2, -0.15) is 0 Å². The molecule has 0 aromatic rings. The molecule has 1 aliphatic rings. The van der Waals surface area contributed by atoms with E-state index in [-0.39, 0.29) is 12.6 Å². The van der Waals surface area contributed by atoms with E-state index < -0.39 is 0 Å². The fraction of sp³-hybridized carbons (Fsp3) is 0.933. The molecule has 112 valence electrons. The van der Waals surface area contributed by atoms with Crippen LogP contribution >= 0.6 is 0 Å². The molecule has 1 rings (SSSR count). The lowest BCUT2D eigenvalue weighted by molar-refractivity contribution is 0.178. The van der Waals surface area contributed by atoms with Gasteiger partial charge in [0.05, 0.1) is 0 Å². The number of carbonyl (C=O) groups is 1. The van der Waals surface area contributed by atoms with Gasteiger partial charge in [0, 0.05) is 25.7 Å². The van der Waals surface area contributed by atoms with E-state index in [1.54, 1.807) is 0 Å². The summed E-state index contributed by atoms with van der Waals surface area (Å²) in [5.74, 6) is 0.723. The van der Waals surface area contributed by atoms with Gasteiger partial charge in [0.15, 0.2) is 0 Å². The van der Waals surface area contributed by atoms with Crippen molar-refractivity contribution in [3.63, 3.8) is 0 Å². The first-order valence-corrected chi connectivity index (χ1v) is 7.83. The quantitative estimate of drug-likeness (QED) is 0.747. The SMILES string of the molecule is CCCCN(CCCO)C(=O)NC1CCCC(C)C1. The monoisotopic (exact) mass is 270 g/mol. The first-order chi connectivity index (χ1) is 9.17. The van der Waals surface area contributed by atoms with Crippen molar-refractivity contribution in [2.24, 2.45) is 5.92 Å². The number of amides is 2. The smallest absolute Gasteiger partial charge is 0.317 e. The summed E-state index contributed by atoms with van der Waals surface area (Å²) >= 11 is 0. The predicted molar refractivity (Wildman–Crippen MR) is 78.1 cm³/mol. The Kier molecular flexibility index (Phi) is 7.87. The maximum Gasteiger partial charge on any atom is 0.317 e. The summed E-state index contributed by atoms with van der Waals surface area (Å²) < 4.78 is 0. The highest BCUT2D eigenvalue weighted by Gasteiger charge is 2.22. The number of aliphatic hydroxyl groups is 1. The predicted octanol–water partition coefficient (Wildman–Crippen LogP) is 2.76. The molecule has 0 heterocycles. The minimum atomic E-state index is 0.0565. The molecule has 4 heteroatoms. The second-order valence-corrected chi connectivity index (χ2v) is 5.84. The number of hydrogen-bond donors (Lipinski definition) is 2. The molecule has 19 heavy (non-hydrogen) atoms. The molecule has 4 nitrogen and oxygen atoms in total. The van der Waals surface area contributed by atoms with E-state index in [1.807, 2.05) is 4.90 Å². The minimum Gasteiger partial charge on any atom is -0.396 e. The van der Waals surface area contributed by atoms with Gasteiger partial charge in [-0.25, -0.2) is 4.79 Å². The van der Waals surface area contributed by atoms with Gasteiger partial charge in [-0.1, -0.05) is 33.1 Å². The second kappa shape index (κ2) is 9.18. The molecule has 1 saturated carbocycles. The lowest BCUT2D eigenvalue weighted by Gasteiger charge is -2.30. The van der Waals surface area contributed by atoms with Crippen LogP contribution in [0.25, 0.3) is 0 Å². The average Bonchev–Trinajstić information content (AvgIpc) is 2.38. The zero-order valence-electron chi connectivity index (χ0n) is 12.5. The molecular weight excluding hydrogens is 240 g/mol. The van der Waals surface area contributed by atoms with Gasteiger partial charge in [0.25, 0.3) is 0 Å². The number of nitrogens with one attached hydrogen (secondary N) is 1. The number of urea groups is 1. The third-order valence-electron chi connectivity index (χ3n) is 3.92. The maximum atomic E-state index is 12.3. The third kappa shape index (κ3) is 6.28. The largest absolute Gasteiger partial charge is 0.396 e. The van der Waals surface area contributed by atoms with E-state index in [2.05, 4.69) is 19.2 Å². The lowest BCUT2D eigenvalue weighted by atomic mass is 9.87. The fourth-order valence-corrected chi connectivity index (χ4v) is 2.76. The number of carbonyl (C=O) groups excluding carboxylic acids is 1. The van der Waals surface area contributed by atoms with Crippen molar-refractivity contribution in [1.82, 2.24) is 10.2 Å². The highest BCUT2D eigenvalue weighted by Crippen LogP contribution is 2.23. The Morgan fingerprint density at radius 3 is 2.68 bits per heavy atom. The summed E-state index contributed by atoms with van der Waals surface area (Å²) in [6.45, 7) is 6.00. The normalized spacial score (nSPS) is 23.1.